The standard InChI is InChI=1S/C25H34F2N4O2S/c1-3-19-16-28-24(29-17-19)30-12-8-20(9-13-30)5-4-11-25(26,27)23-7-6-22-18-31(34(2,32)33)14-10-21(22)15-23/h6-7,15-17,20H,3-5,8-14,18H2,1-2H3. The van der Waals surface area contributed by atoms with Crippen LogP contribution in [0.1, 0.15) is 61.3 Å². The van der Waals surface area contributed by atoms with Crippen molar-refractivity contribution in [1.82, 2.24) is 14.3 Å². The van der Waals surface area contributed by atoms with E-state index >= 15 is 0 Å². The highest BCUT2D eigenvalue weighted by Gasteiger charge is 2.33. The largest absolute Gasteiger partial charge is 0.341 e. The van der Waals surface area contributed by atoms with Gasteiger partial charge in [-0.25, -0.2) is 27.2 Å². The molecule has 0 atom stereocenters. The lowest BCUT2D eigenvalue weighted by atomic mass is 9.89. The van der Waals surface area contributed by atoms with Crippen molar-refractivity contribution < 1.29 is 17.2 Å². The monoisotopic (exact) mass is 492 g/mol. The summed E-state index contributed by atoms with van der Waals surface area (Å²) in [7, 11) is -3.28. The molecule has 2 aliphatic rings. The van der Waals surface area contributed by atoms with Crippen molar-refractivity contribution in [2.24, 2.45) is 5.92 Å². The zero-order valence-corrected chi connectivity index (χ0v) is 20.8. The molecule has 3 heterocycles. The number of aromatic nitrogens is 2. The van der Waals surface area contributed by atoms with Gasteiger partial charge in [0.15, 0.2) is 0 Å². The van der Waals surface area contributed by atoms with Crippen LogP contribution in [0.4, 0.5) is 14.7 Å². The highest BCUT2D eigenvalue weighted by atomic mass is 32.2. The number of aryl methyl sites for hydroxylation is 1. The fourth-order valence-corrected chi connectivity index (χ4v) is 5.71. The van der Waals surface area contributed by atoms with Crippen LogP contribution in [0.2, 0.25) is 0 Å². The van der Waals surface area contributed by atoms with Crippen LogP contribution < -0.4 is 4.90 Å². The van der Waals surface area contributed by atoms with Gasteiger partial charge < -0.3 is 4.90 Å². The van der Waals surface area contributed by atoms with Gasteiger partial charge in [0.25, 0.3) is 5.92 Å². The average Bonchev–Trinajstić information content (AvgIpc) is 2.83. The molecule has 2 aromatic rings. The maximum atomic E-state index is 15.0. The van der Waals surface area contributed by atoms with Crippen molar-refractivity contribution in [1.29, 1.82) is 0 Å². The summed E-state index contributed by atoms with van der Waals surface area (Å²) in [6.45, 7) is 4.40. The second-order valence-corrected chi connectivity index (χ2v) is 11.6. The zero-order valence-electron chi connectivity index (χ0n) is 20.0. The lowest BCUT2D eigenvalue weighted by molar-refractivity contribution is -0.0169. The molecule has 0 spiro atoms. The number of benzene rings is 1. The van der Waals surface area contributed by atoms with E-state index in [-0.39, 0.29) is 18.5 Å². The first-order chi connectivity index (χ1) is 16.2. The van der Waals surface area contributed by atoms with E-state index in [1.54, 1.807) is 12.1 Å². The summed E-state index contributed by atoms with van der Waals surface area (Å²) in [4.78, 5) is 11.1. The van der Waals surface area contributed by atoms with Gasteiger partial charge in [-0.05, 0) is 60.8 Å². The van der Waals surface area contributed by atoms with E-state index in [1.807, 2.05) is 12.4 Å². The second kappa shape index (κ2) is 10.2. The SMILES string of the molecule is CCc1cnc(N2CCC(CCCC(F)(F)c3ccc4c(c3)CCN(S(C)(=O)=O)C4)CC2)nc1. The van der Waals surface area contributed by atoms with Crippen LogP contribution in [0.25, 0.3) is 0 Å². The van der Waals surface area contributed by atoms with Gasteiger partial charge in [0.2, 0.25) is 16.0 Å². The van der Waals surface area contributed by atoms with Crippen LogP contribution in [0.5, 0.6) is 0 Å². The number of hydrogen-bond donors (Lipinski definition) is 0. The molecule has 0 N–H and O–H groups in total. The van der Waals surface area contributed by atoms with E-state index in [9.17, 15) is 17.2 Å². The molecule has 1 fully saturated rings. The number of hydrogen-bond acceptors (Lipinski definition) is 5. The van der Waals surface area contributed by atoms with Crippen LogP contribution in [-0.2, 0) is 35.3 Å². The number of piperidine rings is 1. The predicted octanol–water partition coefficient (Wildman–Crippen LogP) is 4.54. The lowest BCUT2D eigenvalue weighted by Gasteiger charge is -2.32. The van der Waals surface area contributed by atoms with Crippen molar-refractivity contribution in [3.63, 3.8) is 0 Å². The first kappa shape index (κ1) is 25.0. The first-order valence-corrected chi connectivity index (χ1v) is 14.0. The molecular weight excluding hydrogens is 458 g/mol. The maximum Gasteiger partial charge on any atom is 0.273 e. The molecule has 34 heavy (non-hydrogen) atoms. The highest BCUT2D eigenvalue weighted by Crippen LogP contribution is 2.37. The molecular formula is C25H34F2N4O2S. The predicted molar refractivity (Wildman–Crippen MR) is 129 cm³/mol. The number of fused-ring (bicyclic) bond motifs is 1. The quantitative estimate of drug-likeness (QED) is 0.542. The molecule has 6 nitrogen and oxygen atoms in total. The maximum absolute atomic E-state index is 15.0. The molecule has 186 valence electrons. The third-order valence-electron chi connectivity index (χ3n) is 7.18. The minimum atomic E-state index is -3.28. The Labute approximate surface area is 201 Å². The van der Waals surface area contributed by atoms with Gasteiger partial charge in [0.1, 0.15) is 0 Å². The summed E-state index contributed by atoms with van der Waals surface area (Å²) in [6, 6.07) is 4.71. The van der Waals surface area contributed by atoms with Crippen molar-refractivity contribution in [2.75, 3.05) is 30.8 Å². The minimum Gasteiger partial charge on any atom is -0.341 e. The summed E-state index contributed by atoms with van der Waals surface area (Å²) < 4.78 is 54.9. The summed E-state index contributed by atoms with van der Waals surface area (Å²) in [5.41, 5.74) is 2.81. The topological polar surface area (TPSA) is 66.4 Å². The van der Waals surface area contributed by atoms with E-state index in [0.29, 0.717) is 25.3 Å². The van der Waals surface area contributed by atoms with Gasteiger partial charge in [0, 0.05) is 50.6 Å². The summed E-state index contributed by atoms with van der Waals surface area (Å²) in [5, 5.41) is 0. The third-order valence-corrected chi connectivity index (χ3v) is 8.43. The van der Waals surface area contributed by atoms with Gasteiger partial charge >= 0.3 is 0 Å². The highest BCUT2D eigenvalue weighted by molar-refractivity contribution is 7.88. The number of anilines is 1. The van der Waals surface area contributed by atoms with E-state index in [2.05, 4.69) is 21.8 Å². The Balaban J connectivity index is 1.26. The van der Waals surface area contributed by atoms with Gasteiger partial charge in [-0.2, -0.15) is 4.31 Å². The number of nitrogens with zero attached hydrogens (tertiary/aromatic N) is 4. The van der Waals surface area contributed by atoms with Gasteiger partial charge in [-0.15, -0.1) is 0 Å². The summed E-state index contributed by atoms with van der Waals surface area (Å²) in [5.74, 6) is -1.67. The Kier molecular flexibility index (Phi) is 7.52. The Morgan fingerprint density at radius 2 is 1.79 bits per heavy atom. The molecule has 0 amide bonds. The van der Waals surface area contributed by atoms with E-state index in [1.165, 1.54) is 16.6 Å². The van der Waals surface area contributed by atoms with E-state index in [0.717, 1.165) is 61.4 Å². The Morgan fingerprint density at radius 1 is 1.09 bits per heavy atom. The molecule has 4 rings (SSSR count). The van der Waals surface area contributed by atoms with Crippen molar-refractivity contribution in [3.8, 4) is 0 Å². The lowest BCUT2D eigenvalue weighted by Crippen LogP contribution is -2.35. The van der Waals surface area contributed by atoms with Crippen molar-refractivity contribution >= 4 is 16.0 Å². The Hall–Kier alpha value is -2.13. The minimum absolute atomic E-state index is 0.0431. The molecule has 1 aromatic heterocycles. The fraction of sp³-hybridized carbons (Fsp3) is 0.600. The zero-order chi connectivity index (χ0) is 24.3. The number of sulfonamides is 1. The molecule has 0 saturated carbocycles. The van der Waals surface area contributed by atoms with E-state index in [4.69, 9.17) is 0 Å². The van der Waals surface area contributed by atoms with Crippen LogP contribution in [0.3, 0.4) is 0 Å². The fourth-order valence-electron chi connectivity index (χ4n) is 4.91. The molecule has 0 radical (unpaired) electrons. The summed E-state index contributed by atoms with van der Waals surface area (Å²) in [6.07, 6.45) is 9.38. The first-order valence-electron chi connectivity index (χ1n) is 12.2. The van der Waals surface area contributed by atoms with Crippen LogP contribution in [0.15, 0.2) is 30.6 Å². The molecule has 0 bridgehead atoms. The van der Waals surface area contributed by atoms with Crippen LogP contribution in [0, 0.1) is 5.92 Å². The molecule has 9 heteroatoms. The van der Waals surface area contributed by atoms with Gasteiger partial charge in [0.05, 0.1) is 6.26 Å². The molecule has 1 aromatic carbocycles. The average molecular weight is 493 g/mol. The van der Waals surface area contributed by atoms with E-state index < -0.39 is 15.9 Å². The Morgan fingerprint density at radius 3 is 2.44 bits per heavy atom. The van der Waals surface area contributed by atoms with Crippen molar-refractivity contribution in [2.45, 2.75) is 64.3 Å². The number of halogens is 2. The number of rotatable bonds is 8. The van der Waals surface area contributed by atoms with Gasteiger partial charge in [-0.1, -0.05) is 25.5 Å². The van der Waals surface area contributed by atoms with Crippen LogP contribution in [-0.4, -0.2) is 48.6 Å². The molecule has 1 saturated heterocycles. The summed E-state index contributed by atoms with van der Waals surface area (Å²) >= 11 is 0. The normalized spacial score (nSPS) is 18.2. The molecule has 0 aliphatic carbocycles. The third kappa shape index (κ3) is 5.92. The van der Waals surface area contributed by atoms with Gasteiger partial charge in [-0.3, -0.25) is 0 Å². The Bertz CT molecular complexity index is 1080. The van der Waals surface area contributed by atoms with Crippen molar-refractivity contribution in [3.05, 3.63) is 52.8 Å². The second-order valence-electron chi connectivity index (χ2n) is 9.60. The number of alkyl halides is 2. The van der Waals surface area contributed by atoms with Crippen LogP contribution >= 0.6 is 0 Å². The molecule has 0 unspecified atom stereocenters. The molecule has 2 aliphatic heterocycles. The smallest absolute Gasteiger partial charge is 0.273 e.